The van der Waals surface area contributed by atoms with Crippen molar-refractivity contribution < 1.29 is 9.90 Å². The maximum atomic E-state index is 12.6. The SMILES string of the molecule is CC1CC(C)CN(CC(C)NC(=O)c2ccccc2SCCO)C1. The number of amides is 1. The Kier molecular flexibility index (Phi) is 7.59. The van der Waals surface area contributed by atoms with E-state index in [1.807, 2.05) is 24.3 Å². The number of rotatable bonds is 7. The fourth-order valence-electron chi connectivity index (χ4n) is 3.61. The molecule has 1 fully saturated rings. The van der Waals surface area contributed by atoms with E-state index in [9.17, 15) is 4.79 Å². The maximum Gasteiger partial charge on any atom is 0.252 e. The van der Waals surface area contributed by atoms with Crippen LogP contribution in [0.1, 0.15) is 37.6 Å². The molecule has 0 radical (unpaired) electrons. The third-order valence-electron chi connectivity index (χ3n) is 4.33. The zero-order chi connectivity index (χ0) is 17.5. The van der Waals surface area contributed by atoms with Gasteiger partial charge in [0.1, 0.15) is 0 Å². The van der Waals surface area contributed by atoms with Crippen molar-refractivity contribution >= 4 is 17.7 Å². The fourth-order valence-corrected chi connectivity index (χ4v) is 4.41. The molecule has 2 rings (SSSR count). The number of likely N-dealkylation sites (tertiary alicyclic amines) is 1. The van der Waals surface area contributed by atoms with E-state index in [1.54, 1.807) is 0 Å². The molecule has 4 nitrogen and oxygen atoms in total. The Balaban J connectivity index is 1.92. The van der Waals surface area contributed by atoms with Crippen molar-refractivity contribution in [3.63, 3.8) is 0 Å². The summed E-state index contributed by atoms with van der Waals surface area (Å²) in [6.07, 6.45) is 1.30. The predicted octanol–water partition coefficient (Wildman–Crippen LogP) is 2.87. The van der Waals surface area contributed by atoms with Crippen molar-refractivity contribution in [2.75, 3.05) is 32.0 Å². The standard InChI is InChI=1S/C19H30N2O2S/c1-14-10-15(2)12-21(11-14)13-16(3)20-19(23)17-6-4-5-7-18(17)24-9-8-22/h4-7,14-16,22H,8-13H2,1-3H3,(H,20,23). The number of aliphatic hydroxyl groups excluding tert-OH is 1. The van der Waals surface area contributed by atoms with Crippen molar-refractivity contribution in [3.8, 4) is 0 Å². The minimum Gasteiger partial charge on any atom is -0.396 e. The highest BCUT2D eigenvalue weighted by molar-refractivity contribution is 7.99. The zero-order valence-electron chi connectivity index (χ0n) is 15.0. The predicted molar refractivity (Wildman–Crippen MR) is 101 cm³/mol. The number of hydrogen-bond acceptors (Lipinski definition) is 4. The molecule has 0 aliphatic carbocycles. The summed E-state index contributed by atoms with van der Waals surface area (Å²) in [6, 6.07) is 7.72. The van der Waals surface area contributed by atoms with Crippen LogP contribution in [-0.2, 0) is 0 Å². The molecule has 0 saturated carbocycles. The molecule has 24 heavy (non-hydrogen) atoms. The van der Waals surface area contributed by atoms with Gasteiger partial charge < -0.3 is 15.3 Å². The molecule has 2 N–H and O–H groups in total. The topological polar surface area (TPSA) is 52.6 Å². The molecule has 5 heteroatoms. The number of carbonyl (C=O) groups excluding carboxylic acids is 1. The summed E-state index contributed by atoms with van der Waals surface area (Å²) in [6.45, 7) is 9.93. The Labute approximate surface area is 150 Å². The van der Waals surface area contributed by atoms with Gasteiger partial charge in [-0.15, -0.1) is 11.8 Å². The Morgan fingerprint density at radius 2 is 2.00 bits per heavy atom. The Bertz CT molecular complexity index is 528. The van der Waals surface area contributed by atoms with Gasteiger partial charge in [-0.2, -0.15) is 0 Å². The van der Waals surface area contributed by atoms with Crippen molar-refractivity contribution in [1.29, 1.82) is 0 Å². The van der Waals surface area contributed by atoms with Gasteiger partial charge in [0.2, 0.25) is 0 Å². The number of benzene rings is 1. The molecule has 1 aromatic rings. The first kappa shape index (κ1) is 19.3. The van der Waals surface area contributed by atoms with Crippen LogP contribution in [0.4, 0.5) is 0 Å². The van der Waals surface area contributed by atoms with Crippen LogP contribution in [-0.4, -0.2) is 53.9 Å². The molecule has 3 atom stereocenters. The number of thioether (sulfide) groups is 1. The van der Waals surface area contributed by atoms with Crippen molar-refractivity contribution in [2.45, 2.75) is 38.1 Å². The first-order valence-corrected chi connectivity index (χ1v) is 9.84. The number of aliphatic hydroxyl groups is 1. The molecule has 1 aromatic carbocycles. The van der Waals surface area contributed by atoms with E-state index in [1.165, 1.54) is 18.2 Å². The van der Waals surface area contributed by atoms with Gasteiger partial charge in [-0.25, -0.2) is 0 Å². The summed E-state index contributed by atoms with van der Waals surface area (Å²) in [7, 11) is 0. The lowest BCUT2D eigenvalue weighted by Gasteiger charge is -2.36. The first-order valence-electron chi connectivity index (χ1n) is 8.85. The Hall–Kier alpha value is -1.04. The number of carbonyl (C=O) groups is 1. The van der Waals surface area contributed by atoms with Crippen LogP contribution in [0.5, 0.6) is 0 Å². The van der Waals surface area contributed by atoms with Crippen LogP contribution in [0.15, 0.2) is 29.2 Å². The van der Waals surface area contributed by atoms with Crippen LogP contribution in [0.3, 0.4) is 0 Å². The number of nitrogens with zero attached hydrogens (tertiary/aromatic N) is 1. The van der Waals surface area contributed by atoms with E-state index in [2.05, 4.69) is 31.0 Å². The van der Waals surface area contributed by atoms with Gasteiger partial charge in [0.05, 0.1) is 12.2 Å². The highest BCUT2D eigenvalue weighted by atomic mass is 32.2. The molecule has 1 heterocycles. The minimum atomic E-state index is -0.0263. The lowest BCUT2D eigenvalue weighted by atomic mass is 9.92. The number of nitrogens with one attached hydrogen (secondary N) is 1. The second kappa shape index (κ2) is 9.44. The van der Waals surface area contributed by atoms with Crippen molar-refractivity contribution in [3.05, 3.63) is 29.8 Å². The molecule has 1 aliphatic rings. The van der Waals surface area contributed by atoms with E-state index in [-0.39, 0.29) is 18.6 Å². The highest BCUT2D eigenvalue weighted by Gasteiger charge is 2.23. The molecule has 1 saturated heterocycles. The average Bonchev–Trinajstić information content (AvgIpc) is 2.52. The summed E-state index contributed by atoms with van der Waals surface area (Å²) in [4.78, 5) is 16.0. The number of piperidine rings is 1. The van der Waals surface area contributed by atoms with Gasteiger partial charge in [-0.1, -0.05) is 26.0 Å². The average molecular weight is 351 g/mol. The molecule has 134 valence electrons. The largest absolute Gasteiger partial charge is 0.396 e. The van der Waals surface area contributed by atoms with Crippen LogP contribution in [0, 0.1) is 11.8 Å². The first-order chi connectivity index (χ1) is 11.5. The van der Waals surface area contributed by atoms with E-state index < -0.39 is 0 Å². The van der Waals surface area contributed by atoms with E-state index in [0.29, 0.717) is 11.3 Å². The van der Waals surface area contributed by atoms with E-state index in [4.69, 9.17) is 5.11 Å². The van der Waals surface area contributed by atoms with Gasteiger partial charge in [0, 0.05) is 36.3 Å². The van der Waals surface area contributed by atoms with Crippen molar-refractivity contribution in [2.24, 2.45) is 11.8 Å². The van der Waals surface area contributed by atoms with Crippen LogP contribution in [0.2, 0.25) is 0 Å². The summed E-state index contributed by atoms with van der Waals surface area (Å²) in [5, 5.41) is 12.1. The zero-order valence-corrected chi connectivity index (χ0v) is 15.8. The van der Waals surface area contributed by atoms with Crippen LogP contribution >= 0.6 is 11.8 Å². The smallest absolute Gasteiger partial charge is 0.252 e. The quantitative estimate of drug-likeness (QED) is 0.743. The van der Waals surface area contributed by atoms with Gasteiger partial charge in [-0.05, 0) is 37.3 Å². The molecule has 0 bridgehead atoms. The van der Waals surface area contributed by atoms with Crippen LogP contribution < -0.4 is 5.32 Å². The summed E-state index contributed by atoms with van der Waals surface area (Å²) in [5.74, 6) is 2.03. The van der Waals surface area contributed by atoms with Gasteiger partial charge in [0.25, 0.3) is 5.91 Å². The fraction of sp³-hybridized carbons (Fsp3) is 0.632. The second-order valence-electron chi connectivity index (χ2n) is 7.11. The van der Waals surface area contributed by atoms with Crippen molar-refractivity contribution in [1.82, 2.24) is 10.2 Å². The third kappa shape index (κ3) is 5.80. The molecule has 0 aromatic heterocycles. The van der Waals surface area contributed by atoms with Gasteiger partial charge in [-0.3, -0.25) is 4.79 Å². The maximum absolute atomic E-state index is 12.6. The Morgan fingerprint density at radius 3 is 2.67 bits per heavy atom. The number of hydrogen-bond donors (Lipinski definition) is 2. The monoisotopic (exact) mass is 350 g/mol. The minimum absolute atomic E-state index is 0.0263. The summed E-state index contributed by atoms with van der Waals surface area (Å²) in [5.41, 5.74) is 0.697. The molecule has 1 amide bonds. The highest BCUT2D eigenvalue weighted by Crippen LogP contribution is 2.23. The molecular formula is C19H30N2O2S. The molecule has 3 unspecified atom stereocenters. The molecule has 0 spiro atoms. The molecular weight excluding hydrogens is 320 g/mol. The van der Waals surface area contributed by atoms with E-state index in [0.717, 1.165) is 36.4 Å². The normalized spacial score (nSPS) is 23.0. The van der Waals surface area contributed by atoms with Gasteiger partial charge in [0.15, 0.2) is 0 Å². The van der Waals surface area contributed by atoms with Crippen LogP contribution in [0.25, 0.3) is 0 Å². The lowest BCUT2D eigenvalue weighted by Crippen LogP contribution is -2.47. The Morgan fingerprint density at radius 1 is 1.33 bits per heavy atom. The molecule has 1 aliphatic heterocycles. The van der Waals surface area contributed by atoms with Gasteiger partial charge >= 0.3 is 0 Å². The third-order valence-corrected chi connectivity index (χ3v) is 5.39. The summed E-state index contributed by atoms with van der Waals surface area (Å²) < 4.78 is 0. The second-order valence-corrected chi connectivity index (χ2v) is 8.24. The van der Waals surface area contributed by atoms with E-state index >= 15 is 0 Å². The summed E-state index contributed by atoms with van der Waals surface area (Å²) >= 11 is 1.52. The lowest BCUT2D eigenvalue weighted by molar-refractivity contribution is 0.0902.